The summed E-state index contributed by atoms with van der Waals surface area (Å²) in [6.45, 7) is 5.70. The first-order valence-corrected chi connectivity index (χ1v) is 12.3. The number of methoxy groups -OCH3 is 2. The van der Waals surface area contributed by atoms with Crippen LogP contribution in [-0.2, 0) is 44.6 Å². The molecule has 0 aromatic heterocycles. The summed E-state index contributed by atoms with van der Waals surface area (Å²) in [5, 5.41) is 0. The highest BCUT2D eigenvalue weighted by Crippen LogP contribution is 2.26. The summed E-state index contributed by atoms with van der Waals surface area (Å²) < 4.78 is 48.7. The third-order valence-corrected chi connectivity index (χ3v) is 4.81. The Morgan fingerprint density at radius 3 is 1.49 bits per heavy atom. The average Bonchev–Trinajstić information content (AvgIpc) is 3.45. The maximum atomic E-state index is 12.2. The Morgan fingerprint density at radius 2 is 1.03 bits per heavy atom. The second kappa shape index (κ2) is 21.0. The van der Waals surface area contributed by atoms with Gasteiger partial charge in [0.25, 0.3) is 0 Å². The molecule has 0 amide bonds. The first-order valence-electron chi connectivity index (χ1n) is 12.3. The molecule has 0 spiro atoms. The zero-order chi connectivity index (χ0) is 26.4. The van der Waals surface area contributed by atoms with E-state index in [9.17, 15) is 4.79 Å². The number of hydrogen-bond donors (Lipinski definition) is 0. The van der Waals surface area contributed by atoms with Crippen LogP contribution >= 0.6 is 0 Å². The van der Waals surface area contributed by atoms with Crippen LogP contribution in [0.4, 0.5) is 0 Å². The molecule has 1 aromatic carbocycles. The van der Waals surface area contributed by atoms with Crippen LogP contribution in [-0.4, -0.2) is 99.5 Å². The van der Waals surface area contributed by atoms with E-state index in [1.54, 1.807) is 46.0 Å². The molecule has 0 bridgehead atoms. The first-order chi connectivity index (χ1) is 18.2. The summed E-state index contributed by atoms with van der Waals surface area (Å²) in [6.07, 6.45) is 7.00. The van der Waals surface area contributed by atoms with Crippen molar-refractivity contribution in [1.82, 2.24) is 0 Å². The molecule has 1 saturated carbocycles. The lowest BCUT2D eigenvalue weighted by molar-refractivity contribution is -0.141. The molecule has 0 atom stereocenters. The number of ether oxygens (including phenoxy) is 9. The Morgan fingerprint density at radius 1 is 0.595 bits per heavy atom. The molecular weight excluding hydrogens is 484 g/mol. The van der Waals surface area contributed by atoms with Gasteiger partial charge in [-0.25, -0.2) is 0 Å². The zero-order valence-corrected chi connectivity index (χ0v) is 21.8. The lowest BCUT2D eigenvalue weighted by atomic mass is 10.1. The fourth-order valence-corrected chi connectivity index (χ4v) is 2.99. The minimum absolute atomic E-state index is 0.0855. The molecule has 0 N–H and O–H groups in total. The highest BCUT2D eigenvalue weighted by Gasteiger charge is 2.26. The highest BCUT2D eigenvalue weighted by molar-refractivity contribution is 5.91. The molecular formula is C27H39O10. The molecule has 1 aliphatic rings. The molecule has 37 heavy (non-hydrogen) atoms. The molecule has 0 aliphatic heterocycles. The van der Waals surface area contributed by atoms with Gasteiger partial charge in [0, 0.05) is 20.3 Å². The monoisotopic (exact) mass is 523 g/mol. The molecule has 0 unspecified atom stereocenters. The predicted molar refractivity (Wildman–Crippen MR) is 135 cm³/mol. The Labute approximate surface area is 220 Å². The lowest BCUT2D eigenvalue weighted by Crippen LogP contribution is -2.14. The summed E-state index contributed by atoms with van der Waals surface area (Å²) >= 11 is 0. The highest BCUT2D eigenvalue weighted by atomic mass is 16.6. The molecule has 0 saturated heterocycles. The van der Waals surface area contributed by atoms with Crippen molar-refractivity contribution in [3.8, 4) is 11.5 Å². The van der Waals surface area contributed by atoms with Crippen molar-refractivity contribution in [1.29, 1.82) is 0 Å². The SMILES string of the molecule is COCCOCCOCCOc1cc(COC(=O)[C]2[CH][CH][CH][CH]2)cc(OCCOCCOCCOC)c1. The van der Waals surface area contributed by atoms with Crippen molar-refractivity contribution in [3.63, 3.8) is 0 Å². The van der Waals surface area contributed by atoms with Gasteiger partial charge in [-0.1, -0.05) is 0 Å². The fraction of sp³-hybridized carbons (Fsp3) is 0.556. The number of carbonyl (C=O) groups is 1. The van der Waals surface area contributed by atoms with Crippen molar-refractivity contribution in [2.75, 3.05) is 93.5 Å². The van der Waals surface area contributed by atoms with Gasteiger partial charge >= 0.3 is 5.97 Å². The normalized spacial score (nSPS) is 13.7. The van der Waals surface area contributed by atoms with Crippen LogP contribution in [0.1, 0.15) is 5.56 Å². The largest absolute Gasteiger partial charge is 0.491 e. The van der Waals surface area contributed by atoms with Crippen molar-refractivity contribution in [2.45, 2.75) is 6.61 Å². The van der Waals surface area contributed by atoms with E-state index in [0.29, 0.717) is 96.7 Å². The van der Waals surface area contributed by atoms with Gasteiger partial charge in [0.05, 0.1) is 72.0 Å². The molecule has 1 aromatic rings. The molecule has 0 heterocycles. The van der Waals surface area contributed by atoms with Crippen LogP contribution in [0.15, 0.2) is 18.2 Å². The van der Waals surface area contributed by atoms with Crippen molar-refractivity contribution in [3.05, 3.63) is 55.4 Å². The predicted octanol–water partition coefficient (Wildman–Crippen LogP) is 2.25. The molecule has 207 valence electrons. The molecule has 1 aliphatic carbocycles. The van der Waals surface area contributed by atoms with E-state index in [0.717, 1.165) is 5.56 Å². The van der Waals surface area contributed by atoms with Crippen LogP contribution in [0.5, 0.6) is 11.5 Å². The Hall–Kier alpha value is -1.95. The van der Waals surface area contributed by atoms with E-state index in [-0.39, 0.29) is 12.6 Å². The van der Waals surface area contributed by atoms with E-state index in [4.69, 9.17) is 42.6 Å². The quantitative estimate of drug-likeness (QED) is 0.157. The summed E-state index contributed by atoms with van der Waals surface area (Å²) in [6, 6.07) is 5.41. The van der Waals surface area contributed by atoms with Crippen molar-refractivity contribution in [2.24, 2.45) is 0 Å². The Bertz CT molecular complexity index is 668. The Balaban J connectivity index is 1.75. The van der Waals surface area contributed by atoms with Gasteiger partial charge < -0.3 is 42.6 Å². The maximum absolute atomic E-state index is 12.2. The third-order valence-electron chi connectivity index (χ3n) is 4.81. The van der Waals surface area contributed by atoms with Crippen LogP contribution in [0.25, 0.3) is 0 Å². The number of carbonyl (C=O) groups excluding carboxylic acids is 1. The van der Waals surface area contributed by atoms with Crippen molar-refractivity contribution >= 4 is 5.97 Å². The summed E-state index contributed by atoms with van der Waals surface area (Å²) in [5.41, 5.74) is 0.743. The van der Waals surface area contributed by atoms with Gasteiger partial charge in [0.15, 0.2) is 0 Å². The molecule has 5 radical (unpaired) electrons. The molecule has 10 nitrogen and oxygen atoms in total. The van der Waals surface area contributed by atoms with Gasteiger partial charge in [0.1, 0.15) is 31.3 Å². The standard InChI is InChI=1S/C27H39O10/c1-29-7-9-31-11-13-33-15-17-35-25-19-23(22-37-27(28)24-5-3-4-6-24)20-26(21-25)36-18-16-34-14-12-32-10-8-30-2/h3-6,19-21H,7-18,22H2,1-2H3. The second-order valence-electron chi connectivity index (χ2n) is 7.69. The van der Waals surface area contributed by atoms with E-state index < -0.39 is 0 Å². The van der Waals surface area contributed by atoms with Gasteiger partial charge in [-0.2, -0.15) is 0 Å². The van der Waals surface area contributed by atoms with Crippen LogP contribution in [0, 0.1) is 31.6 Å². The fourth-order valence-electron chi connectivity index (χ4n) is 2.99. The minimum Gasteiger partial charge on any atom is -0.491 e. The van der Waals surface area contributed by atoms with Crippen LogP contribution in [0.2, 0.25) is 0 Å². The zero-order valence-electron chi connectivity index (χ0n) is 21.8. The number of esters is 1. The van der Waals surface area contributed by atoms with Gasteiger partial charge in [0.2, 0.25) is 0 Å². The number of rotatable bonds is 23. The van der Waals surface area contributed by atoms with E-state index in [1.165, 1.54) is 0 Å². The molecule has 1 fully saturated rings. The Kier molecular flexibility index (Phi) is 17.8. The van der Waals surface area contributed by atoms with Crippen LogP contribution in [0.3, 0.4) is 0 Å². The summed E-state index contributed by atoms with van der Waals surface area (Å²) in [5.74, 6) is 1.30. The van der Waals surface area contributed by atoms with Gasteiger partial charge in [-0.05, 0) is 43.4 Å². The summed E-state index contributed by atoms with van der Waals surface area (Å²) in [4.78, 5) is 12.2. The van der Waals surface area contributed by atoms with Gasteiger partial charge in [-0.15, -0.1) is 0 Å². The molecule has 10 heteroatoms. The first kappa shape index (κ1) is 31.3. The maximum Gasteiger partial charge on any atom is 0.314 e. The van der Waals surface area contributed by atoms with Crippen molar-refractivity contribution < 1.29 is 47.4 Å². The third kappa shape index (κ3) is 15.1. The number of hydrogen-bond acceptors (Lipinski definition) is 10. The minimum atomic E-state index is -0.388. The summed E-state index contributed by atoms with van der Waals surface area (Å²) in [7, 11) is 3.26. The average molecular weight is 524 g/mol. The van der Waals surface area contributed by atoms with E-state index in [1.807, 2.05) is 12.1 Å². The van der Waals surface area contributed by atoms with E-state index >= 15 is 0 Å². The topological polar surface area (TPSA) is 100 Å². The lowest BCUT2D eigenvalue weighted by Gasteiger charge is -2.14. The van der Waals surface area contributed by atoms with Crippen LogP contribution < -0.4 is 9.47 Å². The second-order valence-corrected chi connectivity index (χ2v) is 7.69. The number of benzene rings is 1. The van der Waals surface area contributed by atoms with Gasteiger partial charge in [-0.3, -0.25) is 4.79 Å². The molecule has 2 rings (SSSR count). The van der Waals surface area contributed by atoms with E-state index in [2.05, 4.69) is 0 Å². The smallest absolute Gasteiger partial charge is 0.314 e.